The predicted molar refractivity (Wildman–Crippen MR) is 113 cm³/mol. The molecule has 4 nitrogen and oxygen atoms in total. The van der Waals surface area contributed by atoms with E-state index in [0.29, 0.717) is 5.71 Å². The molecule has 0 aliphatic heterocycles. The SMILES string of the molecule is CC1=CC=C1n1c(-c2cccc3c2oc2nc(C)ccc23)nc2ccccc21. The molecule has 0 atom stereocenters. The highest BCUT2D eigenvalue weighted by atomic mass is 16.3. The van der Waals surface area contributed by atoms with E-state index in [0.717, 1.165) is 44.5 Å². The number of rotatable bonds is 2. The molecule has 0 spiro atoms. The van der Waals surface area contributed by atoms with Crippen LogP contribution in [0.2, 0.25) is 0 Å². The molecule has 3 aromatic heterocycles. The molecular formula is C24H17N3O. The summed E-state index contributed by atoms with van der Waals surface area (Å²) in [4.78, 5) is 9.55. The van der Waals surface area contributed by atoms with Crippen LogP contribution in [-0.2, 0) is 0 Å². The lowest BCUT2D eigenvalue weighted by atomic mass is 10.0. The molecule has 0 N–H and O–H groups in total. The number of para-hydroxylation sites is 3. The minimum atomic E-state index is 0.670. The number of furan rings is 1. The van der Waals surface area contributed by atoms with Crippen molar-refractivity contribution in [3.63, 3.8) is 0 Å². The smallest absolute Gasteiger partial charge is 0.227 e. The van der Waals surface area contributed by atoms with E-state index >= 15 is 0 Å². The summed E-state index contributed by atoms with van der Waals surface area (Å²) in [5.41, 5.74) is 7.91. The Morgan fingerprint density at radius 1 is 0.821 bits per heavy atom. The van der Waals surface area contributed by atoms with Gasteiger partial charge in [0.1, 0.15) is 11.4 Å². The summed E-state index contributed by atoms with van der Waals surface area (Å²) >= 11 is 0. The van der Waals surface area contributed by atoms with Gasteiger partial charge in [-0.1, -0.05) is 30.3 Å². The van der Waals surface area contributed by atoms with Crippen LogP contribution in [-0.4, -0.2) is 14.5 Å². The summed E-state index contributed by atoms with van der Waals surface area (Å²) in [5.74, 6) is 0.890. The van der Waals surface area contributed by atoms with Crippen molar-refractivity contribution >= 4 is 38.8 Å². The van der Waals surface area contributed by atoms with Gasteiger partial charge in [0.25, 0.3) is 0 Å². The molecule has 1 aliphatic carbocycles. The Morgan fingerprint density at radius 2 is 1.71 bits per heavy atom. The van der Waals surface area contributed by atoms with Gasteiger partial charge in [0.15, 0.2) is 0 Å². The molecule has 0 unspecified atom stereocenters. The fourth-order valence-corrected chi connectivity index (χ4v) is 3.97. The van der Waals surface area contributed by atoms with Crippen molar-refractivity contribution in [3.8, 4) is 11.4 Å². The summed E-state index contributed by atoms with van der Waals surface area (Å²) in [6.07, 6.45) is 4.26. The molecule has 0 radical (unpaired) electrons. The zero-order chi connectivity index (χ0) is 18.8. The monoisotopic (exact) mass is 363 g/mol. The van der Waals surface area contributed by atoms with E-state index in [1.165, 1.54) is 11.3 Å². The van der Waals surface area contributed by atoms with Crippen LogP contribution in [0.5, 0.6) is 0 Å². The summed E-state index contributed by atoms with van der Waals surface area (Å²) in [5, 5.41) is 2.09. The third-order valence-electron chi connectivity index (χ3n) is 5.44. The number of imidazole rings is 1. The predicted octanol–water partition coefficient (Wildman–Crippen LogP) is 6.11. The second-order valence-corrected chi connectivity index (χ2v) is 7.25. The Morgan fingerprint density at radius 3 is 2.54 bits per heavy atom. The summed E-state index contributed by atoms with van der Waals surface area (Å²) < 4.78 is 8.46. The van der Waals surface area contributed by atoms with Crippen molar-refractivity contribution in [2.24, 2.45) is 0 Å². The molecule has 0 bridgehead atoms. The second kappa shape index (κ2) is 5.42. The van der Waals surface area contributed by atoms with Gasteiger partial charge in [-0.15, -0.1) is 0 Å². The van der Waals surface area contributed by atoms with Gasteiger partial charge >= 0.3 is 0 Å². The average molecular weight is 363 g/mol. The zero-order valence-electron chi connectivity index (χ0n) is 15.6. The lowest BCUT2D eigenvalue weighted by molar-refractivity contribution is 0.653. The van der Waals surface area contributed by atoms with E-state index in [1.54, 1.807) is 0 Å². The Labute approximate surface area is 161 Å². The standard InChI is InChI=1S/C24H17N3O/c1-14-10-13-20(14)27-21-9-4-3-8-19(21)26-23(27)18-7-5-6-16-17-12-11-15(2)25-24(17)28-22(16)18/h3-13H,1-2H3. The van der Waals surface area contributed by atoms with Gasteiger partial charge in [-0.25, -0.2) is 9.97 Å². The molecule has 0 saturated heterocycles. The van der Waals surface area contributed by atoms with Crippen molar-refractivity contribution in [1.82, 2.24) is 14.5 Å². The highest BCUT2D eigenvalue weighted by Crippen LogP contribution is 2.39. The Kier molecular flexibility index (Phi) is 2.98. The van der Waals surface area contributed by atoms with Crippen molar-refractivity contribution in [2.45, 2.75) is 13.8 Å². The lowest BCUT2D eigenvalue weighted by Crippen LogP contribution is -2.05. The normalized spacial score (nSPS) is 13.8. The number of allylic oxidation sites excluding steroid dienone is 4. The van der Waals surface area contributed by atoms with Gasteiger partial charge in [0.2, 0.25) is 5.71 Å². The number of aromatic nitrogens is 3. The van der Waals surface area contributed by atoms with E-state index in [4.69, 9.17) is 9.40 Å². The first kappa shape index (κ1) is 15.4. The molecule has 2 aromatic carbocycles. The fraction of sp³-hybridized carbons (Fsp3) is 0.0833. The second-order valence-electron chi connectivity index (χ2n) is 7.25. The minimum absolute atomic E-state index is 0.670. The molecular weight excluding hydrogens is 346 g/mol. The third kappa shape index (κ3) is 2.00. The number of benzene rings is 2. The molecule has 4 heteroatoms. The maximum absolute atomic E-state index is 6.23. The number of aryl methyl sites for hydroxylation is 1. The summed E-state index contributed by atoms with van der Waals surface area (Å²) in [6.45, 7) is 4.10. The maximum atomic E-state index is 6.23. The summed E-state index contributed by atoms with van der Waals surface area (Å²) in [6, 6.07) is 18.6. The average Bonchev–Trinajstić information content (AvgIpc) is 3.25. The van der Waals surface area contributed by atoms with E-state index in [-0.39, 0.29) is 0 Å². The zero-order valence-corrected chi connectivity index (χ0v) is 15.6. The maximum Gasteiger partial charge on any atom is 0.227 e. The first-order chi connectivity index (χ1) is 13.7. The molecule has 5 aromatic rings. The Hall–Kier alpha value is -3.66. The molecule has 134 valence electrons. The topological polar surface area (TPSA) is 43.9 Å². The first-order valence-electron chi connectivity index (χ1n) is 9.37. The molecule has 0 amide bonds. The van der Waals surface area contributed by atoms with Crippen LogP contribution in [0.15, 0.2) is 76.7 Å². The van der Waals surface area contributed by atoms with Gasteiger partial charge in [-0.2, -0.15) is 0 Å². The molecule has 28 heavy (non-hydrogen) atoms. The van der Waals surface area contributed by atoms with Crippen LogP contribution in [0, 0.1) is 6.92 Å². The van der Waals surface area contributed by atoms with Crippen LogP contribution < -0.4 is 0 Å². The van der Waals surface area contributed by atoms with Crippen LogP contribution >= 0.6 is 0 Å². The fourth-order valence-electron chi connectivity index (χ4n) is 3.97. The first-order valence-corrected chi connectivity index (χ1v) is 9.37. The van der Waals surface area contributed by atoms with Crippen LogP contribution in [0.4, 0.5) is 0 Å². The minimum Gasteiger partial charge on any atom is -0.437 e. The molecule has 6 rings (SSSR count). The summed E-state index contributed by atoms with van der Waals surface area (Å²) in [7, 11) is 0. The number of pyridine rings is 1. The van der Waals surface area contributed by atoms with Gasteiger partial charge in [0, 0.05) is 16.5 Å². The highest BCUT2D eigenvalue weighted by molar-refractivity contribution is 6.08. The van der Waals surface area contributed by atoms with Crippen LogP contribution in [0.3, 0.4) is 0 Å². The Bertz CT molecular complexity index is 1480. The Balaban J connectivity index is 1.71. The molecule has 0 saturated carbocycles. The quantitative estimate of drug-likeness (QED) is 0.380. The molecule has 3 heterocycles. The van der Waals surface area contributed by atoms with Gasteiger partial charge in [-0.05, 0) is 55.8 Å². The van der Waals surface area contributed by atoms with Crippen LogP contribution in [0.1, 0.15) is 12.6 Å². The number of nitrogens with zero attached hydrogens (tertiary/aromatic N) is 3. The number of hydrogen-bond donors (Lipinski definition) is 0. The van der Waals surface area contributed by atoms with E-state index in [9.17, 15) is 0 Å². The van der Waals surface area contributed by atoms with E-state index in [1.807, 2.05) is 19.1 Å². The number of hydrogen-bond acceptors (Lipinski definition) is 3. The van der Waals surface area contributed by atoms with E-state index < -0.39 is 0 Å². The van der Waals surface area contributed by atoms with Crippen molar-refractivity contribution < 1.29 is 4.42 Å². The van der Waals surface area contributed by atoms with Gasteiger partial charge < -0.3 is 4.42 Å². The largest absolute Gasteiger partial charge is 0.437 e. The van der Waals surface area contributed by atoms with Crippen LogP contribution in [0.25, 0.3) is 50.2 Å². The molecule has 0 fully saturated rings. The van der Waals surface area contributed by atoms with Crippen molar-refractivity contribution in [1.29, 1.82) is 0 Å². The van der Waals surface area contributed by atoms with Crippen molar-refractivity contribution in [2.75, 3.05) is 0 Å². The van der Waals surface area contributed by atoms with Gasteiger partial charge in [-0.3, -0.25) is 4.57 Å². The lowest BCUT2D eigenvalue weighted by Gasteiger charge is -2.18. The van der Waals surface area contributed by atoms with Gasteiger partial charge in [0.05, 0.1) is 22.3 Å². The number of fused-ring (bicyclic) bond motifs is 4. The van der Waals surface area contributed by atoms with Crippen molar-refractivity contribution in [3.05, 3.63) is 78.0 Å². The third-order valence-corrected chi connectivity index (χ3v) is 5.44. The highest BCUT2D eigenvalue weighted by Gasteiger charge is 2.22. The van der Waals surface area contributed by atoms with E-state index in [2.05, 4.69) is 71.1 Å². The molecule has 1 aliphatic rings.